The van der Waals surface area contributed by atoms with E-state index in [-0.39, 0.29) is 6.79 Å². The van der Waals surface area contributed by atoms with Gasteiger partial charge in [-0.3, -0.25) is 0 Å². The van der Waals surface area contributed by atoms with Gasteiger partial charge in [-0.05, 0) is 17.7 Å². The predicted molar refractivity (Wildman–Crippen MR) is 57.9 cm³/mol. The first-order chi connectivity index (χ1) is 7.87. The van der Waals surface area contributed by atoms with Crippen molar-refractivity contribution in [2.45, 2.75) is 18.6 Å². The first kappa shape index (κ1) is 12.5. The van der Waals surface area contributed by atoms with Crippen LogP contribution in [0.15, 0.2) is 16.6 Å². The number of halogens is 4. The molecule has 0 saturated heterocycles. The van der Waals surface area contributed by atoms with Gasteiger partial charge in [0.25, 0.3) is 0 Å². The molecule has 0 bridgehead atoms. The van der Waals surface area contributed by atoms with Gasteiger partial charge in [0, 0.05) is 10.5 Å². The lowest BCUT2D eigenvalue weighted by atomic mass is 10.0. The fourth-order valence-electron chi connectivity index (χ4n) is 1.58. The number of benzene rings is 1. The molecule has 0 radical (unpaired) electrons. The van der Waals surface area contributed by atoms with Gasteiger partial charge in [0.2, 0.25) is 6.79 Å². The van der Waals surface area contributed by atoms with E-state index in [9.17, 15) is 13.2 Å². The molecule has 0 unspecified atom stereocenters. The summed E-state index contributed by atoms with van der Waals surface area (Å²) in [6, 6.07) is 1.91. The van der Waals surface area contributed by atoms with Crippen molar-refractivity contribution in [3.05, 3.63) is 22.2 Å². The summed E-state index contributed by atoms with van der Waals surface area (Å²) in [5.74, 6) is 0.917. The Morgan fingerprint density at radius 1 is 1.29 bits per heavy atom. The highest BCUT2D eigenvalue weighted by molar-refractivity contribution is 9.10. The standard InChI is InChI=1S/C10H9BrF3NO2/c11-6-2-9-8(16-4-17-9)1-5(6)7(15)3-10(12,13)14/h1-2,7H,3-4,15H2/t7-/m0/s1. The van der Waals surface area contributed by atoms with E-state index in [1.54, 1.807) is 6.07 Å². The van der Waals surface area contributed by atoms with Gasteiger partial charge >= 0.3 is 6.18 Å². The number of fused-ring (bicyclic) bond motifs is 1. The summed E-state index contributed by atoms with van der Waals surface area (Å²) >= 11 is 3.18. The average Bonchev–Trinajstić information content (AvgIpc) is 2.60. The molecule has 0 saturated carbocycles. The van der Waals surface area contributed by atoms with Crippen LogP contribution in [0.3, 0.4) is 0 Å². The third kappa shape index (κ3) is 2.84. The summed E-state index contributed by atoms with van der Waals surface area (Å²) in [5.41, 5.74) is 5.88. The van der Waals surface area contributed by atoms with Gasteiger partial charge in [-0.2, -0.15) is 13.2 Å². The smallest absolute Gasteiger partial charge is 0.390 e. The Hall–Kier alpha value is -0.950. The Balaban J connectivity index is 2.26. The van der Waals surface area contributed by atoms with Crippen LogP contribution in [0, 0.1) is 0 Å². The van der Waals surface area contributed by atoms with E-state index < -0.39 is 18.6 Å². The molecule has 0 aromatic heterocycles. The molecule has 94 valence electrons. The van der Waals surface area contributed by atoms with Gasteiger partial charge < -0.3 is 15.2 Å². The molecule has 0 amide bonds. The molecule has 0 fully saturated rings. The summed E-state index contributed by atoms with van der Waals surface area (Å²) < 4.78 is 47.4. The Kier molecular flexibility index (Phi) is 3.22. The van der Waals surface area contributed by atoms with Crippen LogP contribution in [0.4, 0.5) is 13.2 Å². The highest BCUT2D eigenvalue weighted by Gasteiger charge is 2.32. The minimum atomic E-state index is -4.30. The monoisotopic (exact) mass is 311 g/mol. The first-order valence-electron chi connectivity index (χ1n) is 4.78. The molecule has 1 aromatic carbocycles. The molecule has 2 N–H and O–H groups in total. The number of hydrogen-bond acceptors (Lipinski definition) is 3. The van der Waals surface area contributed by atoms with E-state index in [0.29, 0.717) is 21.5 Å². The number of ether oxygens (including phenoxy) is 2. The lowest BCUT2D eigenvalue weighted by Gasteiger charge is -2.16. The van der Waals surface area contributed by atoms with E-state index >= 15 is 0 Å². The molecule has 1 atom stereocenters. The molecule has 1 aliphatic rings. The quantitative estimate of drug-likeness (QED) is 0.912. The highest BCUT2D eigenvalue weighted by atomic mass is 79.9. The van der Waals surface area contributed by atoms with Gasteiger partial charge in [-0.1, -0.05) is 15.9 Å². The minimum absolute atomic E-state index is 0.0692. The Morgan fingerprint density at radius 3 is 2.47 bits per heavy atom. The zero-order valence-electron chi connectivity index (χ0n) is 8.55. The van der Waals surface area contributed by atoms with Gasteiger partial charge in [-0.15, -0.1) is 0 Å². The van der Waals surface area contributed by atoms with Crippen LogP contribution in [0.5, 0.6) is 11.5 Å². The molecule has 7 heteroatoms. The number of nitrogens with two attached hydrogens (primary N) is 1. The first-order valence-corrected chi connectivity index (χ1v) is 5.57. The molecule has 1 aromatic rings. The number of alkyl halides is 3. The van der Waals surface area contributed by atoms with Crippen molar-refractivity contribution in [3.8, 4) is 11.5 Å². The van der Waals surface area contributed by atoms with Gasteiger partial charge in [0.05, 0.1) is 6.42 Å². The highest BCUT2D eigenvalue weighted by Crippen LogP contribution is 2.40. The van der Waals surface area contributed by atoms with Gasteiger partial charge in [0.15, 0.2) is 11.5 Å². The fourth-order valence-corrected chi connectivity index (χ4v) is 2.19. The third-order valence-corrected chi connectivity index (χ3v) is 3.03. The molecule has 3 nitrogen and oxygen atoms in total. The van der Waals surface area contributed by atoms with Crippen LogP contribution in [-0.2, 0) is 0 Å². The molecule has 0 spiro atoms. The van der Waals surface area contributed by atoms with Crippen molar-refractivity contribution in [2.75, 3.05) is 6.79 Å². The summed E-state index contributed by atoms with van der Waals surface area (Å²) in [6.07, 6.45) is -5.37. The van der Waals surface area contributed by atoms with Crippen LogP contribution in [0.25, 0.3) is 0 Å². The Labute approximate surface area is 104 Å². The van der Waals surface area contributed by atoms with Crippen molar-refractivity contribution in [1.29, 1.82) is 0 Å². The molecule has 17 heavy (non-hydrogen) atoms. The van der Waals surface area contributed by atoms with Crippen molar-refractivity contribution in [1.82, 2.24) is 0 Å². The maximum Gasteiger partial charge on any atom is 0.390 e. The van der Waals surface area contributed by atoms with Crippen LogP contribution in [0.1, 0.15) is 18.0 Å². The van der Waals surface area contributed by atoms with Crippen molar-refractivity contribution < 1.29 is 22.6 Å². The maximum atomic E-state index is 12.2. The molecule has 1 heterocycles. The van der Waals surface area contributed by atoms with Crippen LogP contribution in [0.2, 0.25) is 0 Å². The molecular formula is C10H9BrF3NO2. The zero-order chi connectivity index (χ0) is 12.6. The molecular weight excluding hydrogens is 303 g/mol. The second-order valence-corrected chi connectivity index (χ2v) is 4.51. The second-order valence-electron chi connectivity index (χ2n) is 3.65. The SMILES string of the molecule is N[C@@H](CC(F)(F)F)c1cc2c(cc1Br)OCO2. The Bertz CT molecular complexity index is 436. The van der Waals surface area contributed by atoms with Crippen LogP contribution in [-0.4, -0.2) is 13.0 Å². The van der Waals surface area contributed by atoms with Gasteiger partial charge in [0.1, 0.15) is 0 Å². The molecule has 2 rings (SSSR count). The van der Waals surface area contributed by atoms with E-state index in [1.807, 2.05) is 0 Å². The second kappa shape index (κ2) is 4.38. The maximum absolute atomic E-state index is 12.2. The Morgan fingerprint density at radius 2 is 1.88 bits per heavy atom. The number of hydrogen-bond donors (Lipinski definition) is 1. The third-order valence-electron chi connectivity index (χ3n) is 2.34. The topological polar surface area (TPSA) is 44.5 Å². The van der Waals surface area contributed by atoms with Crippen molar-refractivity contribution in [2.24, 2.45) is 5.73 Å². The predicted octanol–water partition coefficient (Wildman–Crippen LogP) is 3.13. The minimum Gasteiger partial charge on any atom is -0.454 e. The largest absolute Gasteiger partial charge is 0.454 e. The van der Waals surface area contributed by atoms with Crippen molar-refractivity contribution >= 4 is 15.9 Å². The summed E-state index contributed by atoms with van der Waals surface area (Å²) in [6.45, 7) is 0.0692. The van der Waals surface area contributed by atoms with E-state index in [4.69, 9.17) is 15.2 Å². The van der Waals surface area contributed by atoms with Crippen LogP contribution < -0.4 is 15.2 Å². The molecule has 1 aliphatic heterocycles. The lowest BCUT2D eigenvalue weighted by Crippen LogP contribution is -2.20. The fraction of sp³-hybridized carbons (Fsp3) is 0.400. The number of rotatable bonds is 2. The summed E-state index contributed by atoms with van der Waals surface area (Å²) in [7, 11) is 0. The summed E-state index contributed by atoms with van der Waals surface area (Å²) in [4.78, 5) is 0. The molecule has 0 aliphatic carbocycles. The van der Waals surface area contributed by atoms with Crippen LogP contribution >= 0.6 is 15.9 Å². The van der Waals surface area contributed by atoms with E-state index in [0.717, 1.165) is 0 Å². The normalized spacial score (nSPS) is 16.1. The van der Waals surface area contributed by atoms with E-state index in [1.165, 1.54) is 6.07 Å². The average molecular weight is 312 g/mol. The van der Waals surface area contributed by atoms with E-state index in [2.05, 4.69) is 15.9 Å². The lowest BCUT2D eigenvalue weighted by molar-refractivity contribution is -0.138. The summed E-state index contributed by atoms with van der Waals surface area (Å²) in [5, 5.41) is 0. The van der Waals surface area contributed by atoms with Crippen molar-refractivity contribution in [3.63, 3.8) is 0 Å². The van der Waals surface area contributed by atoms with Gasteiger partial charge in [-0.25, -0.2) is 0 Å². The zero-order valence-corrected chi connectivity index (χ0v) is 10.1.